The van der Waals surface area contributed by atoms with Crippen LogP contribution in [0.1, 0.15) is 27.7 Å². The molecule has 0 aliphatic rings. The molecule has 0 unspecified atom stereocenters. The van der Waals surface area contributed by atoms with Gasteiger partial charge < -0.3 is 14.1 Å². The van der Waals surface area contributed by atoms with Crippen molar-refractivity contribution in [2.75, 3.05) is 34.3 Å². The monoisotopic (exact) mass is 231 g/mol. The number of hydrogen-bond donors (Lipinski definition) is 0. The third-order valence-electron chi connectivity index (χ3n) is 2.31. The molecule has 0 rings (SSSR count). The predicted octanol–water partition coefficient (Wildman–Crippen LogP) is 1.95. The van der Waals surface area contributed by atoms with Crippen molar-refractivity contribution in [1.82, 2.24) is 4.90 Å². The quantitative estimate of drug-likeness (QED) is 0.677. The van der Waals surface area contributed by atoms with Crippen molar-refractivity contribution < 1.29 is 14.0 Å². The maximum Gasteiger partial charge on any atom is 0.410 e. The fraction of sp³-hybridized carbons (Fsp3) is 0.917. The second-order valence-electron chi connectivity index (χ2n) is 5.72. The number of rotatable bonds is 5. The Morgan fingerprint density at radius 1 is 1.12 bits per heavy atom. The van der Waals surface area contributed by atoms with Crippen molar-refractivity contribution in [3.63, 3.8) is 0 Å². The number of likely N-dealkylation sites (N-methyl/N-ethyl adjacent to an activating group) is 1. The summed E-state index contributed by atoms with van der Waals surface area (Å²) in [6.07, 6.45) is -0.210. The molecule has 0 aromatic rings. The molecule has 0 heterocycles. The van der Waals surface area contributed by atoms with Gasteiger partial charge in [0.15, 0.2) is 0 Å². The van der Waals surface area contributed by atoms with E-state index in [0.29, 0.717) is 6.61 Å². The van der Waals surface area contributed by atoms with Crippen LogP contribution in [0, 0.1) is 0 Å². The van der Waals surface area contributed by atoms with Crippen molar-refractivity contribution in [3.8, 4) is 0 Å². The average Bonchev–Trinajstić information content (AvgIpc) is 1.99. The van der Waals surface area contributed by atoms with Gasteiger partial charge in [0.05, 0.1) is 21.1 Å². The first-order valence-electron chi connectivity index (χ1n) is 5.90. The summed E-state index contributed by atoms with van der Waals surface area (Å²) >= 11 is 0. The van der Waals surface area contributed by atoms with Gasteiger partial charge in [0.1, 0.15) is 13.2 Å². The molecule has 0 fully saturated rings. The smallest absolute Gasteiger partial charge is 0.410 e. The van der Waals surface area contributed by atoms with Crippen molar-refractivity contribution >= 4 is 6.09 Å². The summed E-state index contributed by atoms with van der Waals surface area (Å²) in [6, 6.07) is 0.355. The molecule has 0 N–H and O–H groups in total. The molecule has 0 bridgehead atoms. The third-order valence-corrected chi connectivity index (χ3v) is 2.31. The van der Waals surface area contributed by atoms with Gasteiger partial charge in [-0.1, -0.05) is 0 Å². The van der Waals surface area contributed by atoms with Crippen LogP contribution in [0.4, 0.5) is 4.79 Å². The topological polar surface area (TPSA) is 29.5 Å². The first-order chi connectivity index (χ1) is 7.15. The van der Waals surface area contributed by atoms with Crippen molar-refractivity contribution in [2.24, 2.45) is 0 Å². The number of quaternary nitrogens is 1. The number of carbonyl (C=O) groups is 1. The van der Waals surface area contributed by atoms with E-state index in [1.165, 1.54) is 0 Å². The van der Waals surface area contributed by atoms with Gasteiger partial charge in [0.25, 0.3) is 0 Å². The first kappa shape index (κ1) is 15.2. The molecule has 16 heavy (non-hydrogen) atoms. The van der Waals surface area contributed by atoms with E-state index >= 15 is 0 Å². The molecule has 4 nitrogen and oxygen atoms in total. The van der Waals surface area contributed by atoms with E-state index in [-0.39, 0.29) is 18.2 Å². The van der Waals surface area contributed by atoms with Gasteiger partial charge in [-0.05, 0) is 27.7 Å². The van der Waals surface area contributed by atoms with E-state index in [2.05, 4.69) is 21.1 Å². The molecule has 0 saturated heterocycles. The highest BCUT2D eigenvalue weighted by Crippen LogP contribution is 2.07. The van der Waals surface area contributed by atoms with Gasteiger partial charge >= 0.3 is 6.09 Å². The molecular weight excluding hydrogens is 204 g/mol. The lowest BCUT2D eigenvalue weighted by atomic mass is 10.2. The standard InChI is InChI=1S/C12H27N2O2/c1-10(2)13(11(3)4)12(15)16-9-8-14(5,6)7/h10-11H,8-9H2,1-7H3/q+1. The van der Waals surface area contributed by atoms with Gasteiger partial charge in [-0.3, -0.25) is 0 Å². The predicted molar refractivity (Wildman–Crippen MR) is 66.4 cm³/mol. The Morgan fingerprint density at radius 3 is 1.88 bits per heavy atom. The fourth-order valence-electron chi connectivity index (χ4n) is 1.50. The van der Waals surface area contributed by atoms with E-state index in [9.17, 15) is 4.79 Å². The minimum Gasteiger partial charge on any atom is -0.443 e. The minimum atomic E-state index is -0.210. The van der Waals surface area contributed by atoms with E-state index in [1.54, 1.807) is 4.90 Å². The minimum absolute atomic E-state index is 0.177. The average molecular weight is 231 g/mol. The molecule has 0 spiro atoms. The Hall–Kier alpha value is -0.770. The van der Waals surface area contributed by atoms with Crippen LogP contribution in [-0.2, 0) is 4.74 Å². The zero-order valence-corrected chi connectivity index (χ0v) is 11.8. The zero-order valence-electron chi connectivity index (χ0n) is 11.8. The van der Waals surface area contributed by atoms with Crippen LogP contribution in [0.3, 0.4) is 0 Å². The van der Waals surface area contributed by atoms with E-state index in [4.69, 9.17) is 4.74 Å². The Kier molecular flexibility index (Phi) is 5.79. The van der Waals surface area contributed by atoms with Crippen LogP contribution in [0.5, 0.6) is 0 Å². The van der Waals surface area contributed by atoms with Crippen LogP contribution in [0.15, 0.2) is 0 Å². The molecule has 96 valence electrons. The molecule has 1 amide bonds. The molecule has 0 aliphatic carbocycles. The summed E-state index contributed by atoms with van der Waals surface area (Å²) in [4.78, 5) is 13.6. The SMILES string of the molecule is CC(C)N(C(=O)OCC[N+](C)(C)C)C(C)C. The molecule has 0 aromatic carbocycles. The zero-order chi connectivity index (χ0) is 12.9. The maximum atomic E-state index is 11.8. The van der Waals surface area contributed by atoms with E-state index in [0.717, 1.165) is 11.0 Å². The van der Waals surface area contributed by atoms with Gasteiger partial charge in [-0.25, -0.2) is 4.79 Å². The molecule has 4 heteroatoms. The van der Waals surface area contributed by atoms with Crippen LogP contribution >= 0.6 is 0 Å². The number of nitrogens with zero attached hydrogens (tertiary/aromatic N) is 2. The highest BCUT2D eigenvalue weighted by atomic mass is 16.6. The van der Waals surface area contributed by atoms with Crippen LogP contribution in [0.2, 0.25) is 0 Å². The molecule has 0 aromatic heterocycles. The highest BCUT2D eigenvalue weighted by molar-refractivity contribution is 5.68. The summed E-state index contributed by atoms with van der Waals surface area (Å²) < 4.78 is 6.08. The lowest BCUT2D eigenvalue weighted by Gasteiger charge is -2.30. The number of carbonyl (C=O) groups excluding carboxylic acids is 1. The molecule has 0 aliphatic heterocycles. The Bertz CT molecular complexity index is 212. The van der Waals surface area contributed by atoms with Crippen LogP contribution in [-0.4, -0.2) is 61.9 Å². The summed E-state index contributed by atoms with van der Waals surface area (Å²) in [5, 5.41) is 0. The van der Waals surface area contributed by atoms with Crippen molar-refractivity contribution in [1.29, 1.82) is 0 Å². The van der Waals surface area contributed by atoms with E-state index < -0.39 is 0 Å². The van der Waals surface area contributed by atoms with E-state index in [1.807, 2.05) is 27.7 Å². The summed E-state index contributed by atoms with van der Waals surface area (Å²) in [5.41, 5.74) is 0. The second-order valence-corrected chi connectivity index (χ2v) is 5.72. The first-order valence-corrected chi connectivity index (χ1v) is 5.90. The lowest BCUT2D eigenvalue weighted by molar-refractivity contribution is -0.870. The van der Waals surface area contributed by atoms with Gasteiger partial charge in [-0.2, -0.15) is 0 Å². The van der Waals surface area contributed by atoms with Crippen molar-refractivity contribution in [3.05, 3.63) is 0 Å². The summed E-state index contributed by atoms with van der Waals surface area (Å²) in [6.45, 7) is 9.30. The molecule has 0 radical (unpaired) electrons. The molecule has 0 atom stereocenters. The van der Waals surface area contributed by atoms with Gasteiger partial charge in [0.2, 0.25) is 0 Å². The fourth-order valence-corrected chi connectivity index (χ4v) is 1.50. The van der Waals surface area contributed by atoms with Crippen LogP contribution in [0.25, 0.3) is 0 Å². The Morgan fingerprint density at radius 2 is 1.56 bits per heavy atom. The molecule has 0 saturated carbocycles. The number of ether oxygens (including phenoxy) is 1. The highest BCUT2D eigenvalue weighted by Gasteiger charge is 2.21. The lowest BCUT2D eigenvalue weighted by Crippen LogP contribution is -2.44. The van der Waals surface area contributed by atoms with Gasteiger partial charge in [-0.15, -0.1) is 0 Å². The van der Waals surface area contributed by atoms with Gasteiger partial charge in [0, 0.05) is 12.1 Å². The second kappa shape index (κ2) is 6.09. The Labute approximate surface area is 99.8 Å². The third kappa shape index (κ3) is 5.95. The largest absolute Gasteiger partial charge is 0.443 e. The maximum absolute atomic E-state index is 11.8. The number of amides is 1. The number of hydrogen-bond acceptors (Lipinski definition) is 2. The Balaban J connectivity index is 4.13. The van der Waals surface area contributed by atoms with Crippen molar-refractivity contribution in [2.45, 2.75) is 39.8 Å². The molecular formula is C12H27N2O2+. The van der Waals surface area contributed by atoms with Crippen LogP contribution < -0.4 is 0 Å². The summed E-state index contributed by atoms with van der Waals surface area (Å²) in [5.74, 6) is 0. The normalized spacial score (nSPS) is 12.1. The summed E-state index contributed by atoms with van der Waals surface area (Å²) in [7, 11) is 6.24.